The number of aliphatic hydroxyl groups is 2. The van der Waals surface area contributed by atoms with Gasteiger partial charge in [0.25, 0.3) is 0 Å². The van der Waals surface area contributed by atoms with Gasteiger partial charge in [-0.3, -0.25) is 9.59 Å². The van der Waals surface area contributed by atoms with Crippen molar-refractivity contribution in [2.75, 3.05) is 13.2 Å². The van der Waals surface area contributed by atoms with Crippen molar-refractivity contribution in [1.82, 2.24) is 5.32 Å². The lowest BCUT2D eigenvalue weighted by molar-refractivity contribution is -0.143. The highest BCUT2D eigenvalue weighted by Gasteiger charge is 2.18. The molecule has 2 atom stereocenters. The van der Waals surface area contributed by atoms with Crippen molar-refractivity contribution in [3.63, 3.8) is 0 Å². The summed E-state index contributed by atoms with van der Waals surface area (Å²) in [5.41, 5.74) is 0. The molecule has 0 heterocycles. The van der Waals surface area contributed by atoms with E-state index < -0.39 is 12.1 Å². The number of carbonyl (C=O) groups excluding carboxylic acids is 2. The summed E-state index contributed by atoms with van der Waals surface area (Å²) in [7, 11) is 0. The van der Waals surface area contributed by atoms with Crippen LogP contribution in [0.5, 0.6) is 0 Å². The lowest BCUT2D eigenvalue weighted by atomic mass is 10.0. The van der Waals surface area contributed by atoms with Gasteiger partial charge in [-0.05, 0) is 57.8 Å². The Kier molecular flexibility index (Phi) is 75.3. The van der Waals surface area contributed by atoms with Crippen molar-refractivity contribution < 1.29 is 24.5 Å². The van der Waals surface area contributed by atoms with Crippen LogP contribution < -0.4 is 5.32 Å². The van der Waals surface area contributed by atoms with Crippen LogP contribution in [0.25, 0.3) is 0 Å². The maximum Gasteiger partial charge on any atom is 0.305 e. The molecule has 0 aromatic heterocycles. The number of esters is 1. The van der Waals surface area contributed by atoms with E-state index in [2.05, 4.69) is 31.3 Å². The summed E-state index contributed by atoms with van der Waals surface area (Å²) >= 11 is 0. The van der Waals surface area contributed by atoms with Crippen LogP contribution in [0.4, 0.5) is 0 Å². The Morgan fingerprint density at radius 2 is 0.540 bits per heavy atom. The maximum atomic E-state index is 12.6. The molecule has 0 aliphatic heterocycles. The zero-order chi connectivity index (χ0) is 62.8. The number of rotatable bonds is 76. The zero-order valence-corrected chi connectivity index (χ0v) is 59.3. The number of carbonyl (C=O) groups is 2. The van der Waals surface area contributed by atoms with E-state index in [4.69, 9.17) is 4.74 Å². The van der Waals surface area contributed by atoms with Crippen LogP contribution in [-0.2, 0) is 14.3 Å². The average molecular weight is 1230 g/mol. The molecule has 0 saturated heterocycles. The molecule has 0 saturated carbocycles. The molecule has 6 heteroatoms. The lowest BCUT2D eigenvalue weighted by Gasteiger charge is -2.20. The molecule has 1 amide bonds. The molecule has 0 radical (unpaired) electrons. The quantitative estimate of drug-likeness (QED) is 0.0320. The summed E-state index contributed by atoms with van der Waals surface area (Å²) in [5.74, 6) is -0.0428. The van der Waals surface area contributed by atoms with Crippen LogP contribution >= 0.6 is 0 Å². The van der Waals surface area contributed by atoms with Crippen molar-refractivity contribution in [3.05, 3.63) is 24.3 Å². The number of unbranched alkanes of at least 4 members (excludes halogenated alkanes) is 63. The van der Waals surface area contributed by atoms with Crippen LogP contribution in [0.1, 0.15) is 457 Å². The van der Waals surface area contributed by atoms with Crippen LogP contribution in [0.15, 0.2) is 24.3 Å². The third kappa shape index (κ3) is 73.3. The van der Waals surface area contributed by atoms with Crippen molar-refractivity contribution in [3.8, 4) is 0 Å². The maximum absolute atomic E-state index is 12.6. The molecular formula is C81H157NO5. The van der Waals surface area contributed by atoms with Gasteiger partial charge in [0.15, 0.2) is 0 Å². The SMILES string of the molecule is CCCCCCCCCCCCCCCCCCCCCCCC/C=C/C(O)C(CO)NC(=O)CCCCCCCCCCCCC/C=C\CCCCCCCCCCCCCCOC(=O)CCCCCCCCCCCCCCCCCCCCC. The first kappa shape index (κ1) is 85.3. The fourth-order valence-corrected chi connectivity index (χ4v) is 12.9. The highest BCUT2D eigenvalue weighted by Crippen LogP contribution is 2.20. The van der Waals surface area contributed by atoms with Crippen LogP contribution in [-0.4, -0.2) is 47.4 Å². The third-order valence-electron chi connectivity index (χ3n) is 19.0. The lowest BCUT2D eigenvalue weighted by Crippen LogP contribution is -2.45. The first-order valence-electron chi connectivity index (χ1n) is 40.1. The summed E-state index contributed by atoms with van der Waals surface area (Å²) in [6.07, 6.45) is 98.7. The molecule has 0 aliphatic rings. The van der Waals surface area contributed by atoms with Gasteiger partial charge in [-0.15, -0.1) is 0 Å². The molecule has 87 heavy (non-hydrogen) atoms. The van der Waals surface area contributed by atoms with Gasteiger partial charge in [0.05, 0.1) is 25.4 Å². The molecule has 3 N–H and O–H groups in total. The van der Waals surface area contributed by atoms with Gasteiger partial charge in [0.2, 0.25) is 5.91 Å². The molecular weight excluding hydrogens is 1070 g/mol. The Morgan fingerprint density at radius 1 is 0.310 bits per heavy atom. The molecule has 0 aliphatic carbocycles. The Hall–Kier alpha value is -1.66. The summed E-state index contributed by atoms with van der Waals surface area (Å²) in [4.78, 5) is 24.7. The number of allylic oxidation sites excluding steroid dienone is 3. The molecule has 0 spiro atoms. The molecule has 6 nitrogen and oxygen atoms in total. The fourth-order valence-electron chi connectivity index (χ4n) is 12.9. The smallest absolute Gasteiger partial charge is 0.305 e. The molecule has 0 aromatic rings. The number of amides is 1. The fraction of sp³-hybridized carbons (Fsp3) is 0.926. The van der Waals surface area contributed by atoms with Crippen molar-refractivity contribution in [2.45, 2.75) is 469 Å². The highest BCUT2D eigenvalue weighted by molar-refractivity contribution is 5.76. The largest absolute Gasteiger partial charge is 0.466 e. The topological polar surface area (TPSA) is 95.9 Å². The minimum absolute atomic E-state index is 0.0208. The van der Waals surface area contributed by atoms with E-state index in [1.165, 1.54) is 392 Å². The summed E-state index contributed by atoms with van der Waals surface area (Å²) < 4.78 is 5.52. The summed E-state index contributed by atoms with van der Waals surface area (Å²) in [6.45, 7) is 4.96. The second kappa shape index (κ2) is 76.8. The van der Waals surface area contributed by atoms with Gasteiger partial charge < -0.3 is 20.3 Å². The zero-order valence-electron chi connectivity index (χ0n) is 59.3. The summed E-state index contributed by atoms with van der Waals surface area (Å²) in [5, 5.41) is 23.3. The van der Waals surface area contributed by atoms with Gasteiger partial charge in [-0.1, -0.05) is 411 Å². The second-order valence-electron chi connectivity index (χ2n) is 27.8. The van der Waals surface area contributed by atoms with E-state index in [9.17, 15) is 19.8 Å². The van der Waals surface area contributed by atoms with E-state index in [-0.39, 0.29) is 18.5 Å². The number of hydrogen-bond donors (Lipinski definition) is 3. The first-order chi connectivity index (χ1) is 43.0. The van der Waals surface area contributed by atoms with E-state index in [1.54, 1.807) is 6.08 Å². The highest BCUT2D eigenvalue weighted by atomic mass is 16.5. The predicted molar refractivity (Wildman–Crippen MR) is 384 cm³/mol. The van der Waals surface area contributed by atoms with Gasteiger partial charge in [0, 0.05) is 12.8 Å². The van der Waals surface area contributed by atoms with Crippen LogP contribution in [0.3, 0.4) is 0 Å². The van der Waals surface area contributed by atoms with E-state index in [1.807, 2.05) is 6.08 Å². The van der Waals surface area contributed by atoms with Crippen molar-refractivity contribution >= 4 is 11.9 Å². The van der Waals surface area contributed by atoms with E-state index >= 15 is 0 Å². The molecule has 0 fully saturated rings. The Balaban J connectivity index is 3.39. The molecule has 2 unspecified atom stereocenters. The Morgan fingerprint density at radius 3 is 0.816 bits per heavy atom. The normalized spacial score (nSPS) is 12.6. The van der Waals surface area contributed by atoms with Crippen molar-refractivity contribution in [2.24, 2.45) is 0 Å². The second-order valence-corrected chi connectivity index (χ2v) is 27.8. The average Bonchev–Trinajstić information content (AvgIpc) is 3.53. The number of ether oxygens (including phenoxy) is 1. The minimum Gasteiger partial charge on any atom is -0.466 e. The molecule has 0 aromatic carbocycles. The first-order valence-corrected chi connectivity index (χ1v) is 40.1. The molecule has 0 bridgehead atoms. The standard InChI is InChI=1S/C81H157NO5/c1-3-5-7-9-11-13-15-17-19-21-23-24-25-31-34-38-41-45-49-53-57-61-65-69-73-79(84)78(77-83)82-80(85)74-70-66-62-58-54-50-46-42-39-35-32-29-27-26-28-30-33-36-40-44-48-52-56-60-64-68-72-76-87-81(86)75-71-67-63-59-55-51-47-43-37-22-20-18-16-14-12-10-8-6-4-2/h26-27,69,73,78-79,83-84H,3-25,28-68,70-72,74-77H2,1-2H3,(H,82,85)/b27-26-,73-69+. The molecule has 0 rings (SSSR count). The summed E-state index contributed by atoms with van der Waals surface area (Å²) in [6, 6.07) is -0.630. The van der Waals surface area contributed by atoms with Crippen LogP contribution in [0, 0.1) is 0 Å². The van der Waals surface area contributed by atoms with Gasteiger partial charge >= 0.3 is 5.97 Å². The Bertz CT molecular complexity index is 1360. The monoisotopic (exact) mass is 1220 g/mol. The van der Waals surface area contributed by atoms with E-state index in [0.29, 0.717) is 19.4 Å². The third-order valence-corrected chi connectivity index (χ3v) is 19.0. The predicted octanol–water partition coefficient (Wildman–Crippen LogP) is 26.4. The number of aliphatic hydroxyl groups excluding tert-OH is 2. The number of hydrogen-bond acceptors (Lipinski definition) is 5. The van der Waals surface area contributed by atoms with Crippen molar-refractivity contribution in [1.29, 1.82) is 0 Å². The van der Waals surface area contributed by atoms with Gasteiger partial charge in [-0.2, -0.15) is 0 Å². The van der Waals surface area contributed by atoms with E-state index in [0.717, 1.165) is 38.5 Å². The number of nitrogens with one attached hydrogen (secondary N) is 1. The Labute approximate surface area is 545 Å². The minimum atomic E-state index is -0.847. The van der Waals surface area contributed by atoms with Crippen LogP contribution in [0.2, 0.25) is 0 Å². The molecule has 516 valence electrons. The van der Waals surface area contributed by atoms with Gasteiger partial charge in [-0.25, -0.2) is 0 Å². The van der Waals surface area contributed by atoms with Gasteiger partial charge in [0.1, 0.15) is 0 Å².